The van der Waals surface area contributed by atoms with Crippen LogP contribution in [0.1, 0.15) is 24.2 Å². The van der Waals surface area contributed by atoms with Gasteiger partial charge in [0, 0.05) is 19.2 Å². The standard InChI is InChI=1S/C14H15N5O3/c1-9(14-13(22-3)8-18(2)17-14)16-12-5-4-11(19(20)21)6-10(12)7-15/h4-6,8-9,16H,1-3H3. The minimum absolute atomic E-state index is 0.120. The van der Waals surface area contributed by atoms with E-state index in [-0.39, 0.29) is 17.3 Å². The molecule has 0 aliphatic rings. The molecule has 0 saturated carbocycles. The van der Waals surface area contributed by atoms with Crippen molar-refractivity contribution in [3.05, 3.63) is 45.8 Å². The first kappa shape index (κ1) is 15.3. The Balaban J connectivity index is 2.30. The van der Waals surface area contributed by atoms with Gasteiger partial charge in [-0.25, -0.2) is 0 Å². The van der Waals surface area contributed by atoms with Crippen molar-refractivity contribution < 1.29 is 9.66 Å². The van der Waals surface area contributed by atoms with Crippen molar-refractivity contribution in [1.82, 2.24) is 9.78 Å². The molecular formula is C14H15N5O3. The van der Waals surface area contributed by atoms with E-state index in [1.165, 1.54) is 18.2 Å². The molecule has 1 aromatic carbocycles. The van der Waals surface area contributed by atoms with Crippen molar-refractivity contribution in [2.75, 3.05) is 12.4 Å². The smallest absolute Gasteiger partial charge is 0.270 e. The van der Waals surface area contributed by atoms with Crippen molar-refractivity contribution in [3.63, 3.8) is 0 Å². The third kappa shape index (κ3) is 2.98. The number of ether oxygens (including phenoxy) is 1. The van der Waals surface area contributed by atoms with Crippen LogP contribution in [0, 0.1) is 21.4 Å². The van der Waals surface area contributed by atoms with Crippen LogP contribution in [0.5, 0.6) is 5.75 Å². The van der Waals surface area contributed by atoms with Crippen LogP contribution < -0.4 is 10.1 Å². The lowest BCUT2D eigenvalue weighted by atomic mass is 10.1. The number of methoxy groups -OCH3 is 1. The van der Waals surface area contributed by atoms with Crippen molar-refractivity contribution >= 4 is 11.4 Å². The summed E-state index contributed by atoms with van der Waals surface area (Å²) < 4.78 is 6.89. The molecule has 1 N–H and O–H groups in total. The second-order valence-electron chi connectivity index (χ2n) is 4.72. The van der Waals surface area contributed by atoms with E-state index in [9.17, 15) is 10.1 Å². The van der Waals surface area contributed by atoms with E-state index in [4.69, 9.17) is 10.00 Å². The zero-order valence-electron chi connectivity index (χ0n) is 12.4. The van der Waals surface area contributed by atoms with Gasteiger partial charge >= 0.3 is 0 Å². The van der Waals surface area contributed by atoms with Gasteiger partial charge in [0.15, 0.2) is 5.75 Å². The Kier molecular flexibility index (Phi) is 4.27. The lowest BCUT2D eigenvalue weighted by Crippen LogP contribution is -2.10. The van der Waals surface area contributed by atoms with E-state index < -0.39 is 4.92 Å². The Morgan fingerprint density at radius 1 is 1.55 bits per heavy atom. The van der Waals surface area contributed by atoms with E-state index >= 15 is 0 Å². The fourth-order valence-electron chi connectivity index (χ4n) is 2.11. The van der Waals surface area contributed by atoms with Gasteiger partial charge < -0.3 is 10.1 Å². The number of hydrogen-bond donors (Lipinski definition) is 1. The highest BCUT2D eigenvalue weighted by Gasteiger charge is 2.18. The maximum absolute atomic E-state index is 10.8. The summed E-state index contributed by atoms with van der Waals surface area (Å²) in [5.74, 6) is 0.628. The zero-order chi connectivity index (χ0) is 16.3. The predicted octanol–water partition coefficient (Wildman–Crippen LogP) is 2.38. The van der Waals surface area contributed by atoms with Crippen LogP contribution in [-0.2, 0) is 7.05 Å². The Labute approximate surface area is 127 Å². The number of nitro benzene ring substituents is 1. The molecule has 8 nitrogen and oxygen atoms in total. The Morgan fingerprint density at radius 3 is 2.86 bits per heavy atom. The number of non-ortho nitro benzene ring substituents is 1. The van der Waals surface area contributed by atoms with Crippen molar-refractivity contribution in [2.24, 2.45) is 7.05 Å². The third-order valence-electron chi connectivity index (χ3n) is 3.16. The number of benzene rings is 1. The summed E-state index contributed by atoms with van der Waals surface area (Å²) in [4.78, 5) is 10.2. The highest BCUT2D eigenvalue weighted by Crippen LogP contribution is 2.28. The largest absolute Gasteiger partial charge is 0.493 e. The molecule has 1 unspecified atom stereocenters. The maximum atomic E-state index is 10.8. The third-order valence-corrected chi connectivity index (χ3v) is 3.16. The molecular weight excluding hydrogens is 286 g/mol. The molecule has 1 aromatic heterocycles. The van der Waals surface area contributed by atoms with Crippen molar-refractivity contribution in [1.29, 1.82) is 5.26 Å². The van der Waals surface area contributed by atoms with E-state index in [0.29, 0.717) is 17.1 Å². The zero-order valence-corrected chi connectivity index (χ0v) is 12.4. The molecule has 0 fully saturated rings. The number of nitriles is 1. The summed E-state index contributed by atoms with van der Waals surface area (Å²) in [5.41, 5.74) is 1.28. The van der Waals surface area contributed by atoms with Crippen LogP contribution in [0.25, 0.3) is 0 Å². The topological polar surface area (TPSA) is 106 Å². The molecule has 0 spiro atoms. The van der Waals surface area contributed by atoms with Gasteiger partial charge in [-0.1, -0.05) is 0 Å². The normalized spacial score (nSPS) is 11.5. The van der Waals surface area contributed by atoms with E-state index in [0.717, 1.165) is 0 Å². The SMILES string of the molecule is COc1cn(C)nc1C(C)Nc1ccc([N+](=O)[O-])cc1C#N. The van der Waals surface area contributed by atoms with Gasteiger partial charge in [0.25, 0.3) is 5.69 Å². The highest BCUT2D eigenvalue weighted by molar-refractivity contribution is 5.62. The van der Waals surface area contributed by atoms with Crippen molar-refractivity contribution in [3.8, 4) is 11.8 Å². The monoisotopic (exact) mass is 301 g/mol. The number of aryl methyl sites for hydroxylation is 1. The molecule has 1 atom stereocenters. The molecule has 0 amide bonds. The van der Waals surface area contributed by atoms with Crippen LogP contribution in [0.3, 0.4) is 0 Å². The molecule has 0 aliphatic carbocycles. The van der Waals surface area contributed by atoms with E-state index in [1.807, 2.05) is 13.0 Å². The van der Waals surface area contributed by atoms with Crippen molar-refractivity contribution in [2.45, 2.75) is 13.0 Å². The second-order valence-corrected chi connectivity index (χ2v) is 4.72. The fourth-order valence-corrected chi connectivity index (χ4v) is 2.11. The fraction of sp³-hybridized carbons (Fsp3) is 0.286. The van der Waals surface area contributed by atoms with Crippen LogP contribution in [0.15, 0.2) is 24.4 Å². The number of nitrogens with one attached hydrogen (secondary N) is 1. The minimum atomic E-state index is -0.532. The van der Waals surface area contributed by atoms with Gasteiger partial charge in [0.2, 0.25) is 0 Å². The van der Waals surface area contributed by atoms with Gasteiger partial charge in [-0.05, 0) is 13.0 Å². The van der Waals surface area contributed by atoms with Gasteiger partial charge in [0.1, 0.15) is 11.8 Å². The van der Waals surface area contributed by atoms with Crippen LogP contribution in [-0.4, -0.2) is 21.8 Å². The number of nitro groups is 1. The van der Waals surface area contributed by atoms with Gasteiger partial charge in [-0.15, -0.1) is 0 Å². The van der Waals surface area contributed by atoms with Gasteiger partial charge in [-0.3, -0.25) is 14.8 Å². The average molecular weight is 301 g/mol. The number of nitrogens with zero attached hydrogens (tertiary/aromatic N) is 4. The van der Waals surface area contributed by atoms with Crippen LogP contribution >= 0.6 is 0 Å². The van der Waals surface area contributed by atoms with Crippen LogP contribution in [0.2, 0.25) is 0 Å². The highest BCUT2D eigenvalue weighted by atomic mass is 16.6. The van der Waals surface area contributed by atoms with Gasteiger partial charge in [0.05, 0.1) is 35.5 Å². The average Bonchev–Trinajstić information content (AvgIpc) is 2.88. The molecule has 1 heterocycles. The first-order valence-electron chi connectivity index (χ1n) is 6.49. The molecule has 0 bridgehead atoms. The number of anilines is 1. The Bertz CT molecular complexity index is 747. The summed E-state index contributed by atoms with van der Waals surface area (Å²) in [6.45, 7) is 1.87. The lowest BCUT2D eigenvalue weighted by molar-refractivity contribution is -0.384. The summed E-state index contributed by atoms with van der Waals surface area (Å²) in [6.07, 6.45) is 1.74. The predicted molar refractivity (Wildman–Crippen MR) is 79.6 cm³/mol. The molecule has 0 saturated heterocycles. The minimum Gasteiger partial charge on any atom is -0.493 e. The van der Waals surface area contributed by atoms with E-state index in [2.05, 4.69) is 10.4 Å². The Morgan fingerprint density at radius 2 is 2.27 bits per heavy atom. The molecule has 0 aliphatic heterocycles. The summed E-state index contributed by atoms with van der Waals surface area (Å²) in [7, 11) is 3.34. The molecule has 0 radical (unpaired) electrons. The lowest BCUT2D eigenvalue weighted by Gasteiger charge is -2.15. The number of rotatable bonds is 5. The first-order chi connectivity index (χ1) is 10.5. The number of hydrogen-bond acceptors (Lipinski definition) is 6. The summed E-state index contributed by atoms with van der Waals surface area (Å²) >= 11 is 0. The molecule has 22 heavy (non-hydrogen) atoms. The molecule has 2 rings (SSSR count). The number of aromatic nitrogens is 2. The Hall–Kier alpha value is -3.08. The van der Waals surface area contributed by atoms with E-state index in [1.54, 1.807) is 25.0 Å². The maximum Gasteiger partial charge on any atom is 0.270 e. The second kappa shape index (κ2) is 6.13. The first-order valence-corrected chi connectivity index (χ1v) is 6.49. The van der Waals surface area contributed by atoms with Crippen LogP contribution in [0.4, 0.5) is 11.4 Å². The molecule has 114 valence electrons. The summed E-state index contributed by atoms with van der Waals surface area (Å²) in [5, 5.41) is 27.4. The summed E-state index contributed by atoms with van der Waals surface area (Å²) in [6, 6.07) is 5.84. The quantitative estimate of drug-likeness (QED) is 0.671. The molecule has 8 heteroatoms. The molecule has 2 aromatic rings. The van der Waals surface area contributed by atoms with Gasteiger partial charge in [-0.2, -0.15) is 10.4 Å².